The number of hydrogen-bond acceptors (Lipinski definition) is 18. The summed E-state index contributed by atoms with van der Waals surface area (Å²) in [6.45, 7) is -0.0541. The quantitative estimate of drug-likeness (QED) is 0.0438. The lowest BCUT2D eigenvalue weighted by Crippen LogP contribution is -2.53. The molecule has 682 valence electrons. The number of fused-ring (bicyclic) bond motifs is 36. The maximum absolute atomic E-state index is 13.9. The maximum atomic E-state index is 13.9. The highest BCUT2D eigenvalue weighted by Gasteiger charge is 2.71. The number of pyridine rings is 4. The number of nitrogens with zero attached hydrogens (tertiary/aromatic N) is 8. The molecule has 4 aromatic heterocycles. The third-order valence-corrected chi connectivity index (χ3v) is 29.2. The highest BCUT2D eigenvalue weighted by Crippen LogP contribution is 2.68. The summed E-state index contributed by atoms with van der Waals surface area (Å²) in [5, 5.41) is 27.7. The molecule has 3 aromatic carbocycles. The zero-order chi connectivity index (χ0) is 90.1. The fourth-order valence-electron chi connectivity index (χ4n) is 23.6. The van der Waals surface area contributed by atoms with Gasteiger partial charge in [-0.05, 0) is 122 Å². The van der Waals surface area contributed by atoms with Crippen LogP contribution in [0.4, 0.5) is 52.7 Å². The van der Waals surface area contributed by atoms with E-state index in [2.05, 4.69) is 16.0 Å². The molecule has 8 aliphatic carbocycles. The monoisotopic (exact) mass is 1810 g/mol. The lowest BCUT2D eigenvalue weighted by Gasteiger charge is -2.40. The molecule has 7 amide bonds. The molecule has 7 aromatic rings. The molecule has 5 N–H and O–H groups in total. The van der Waals surface area contributed by atoms with Crippen LogP contribution in [0.2, 0.25) is 0 Å². The first-order chi connectivity index (χ1) is 60.4. The van der Waals surface area contributed by atoms with Crippen LogP contribution in [0.1, 0.15) is 166 Å². The highest BCUT2D eigenvalue weighted by molar-refractivity contribution is 6.03. The number of benzene rings is 3. The Bertz CT molecular complexity index is 6050. The number of carbonyl (C=O) groups is 9. The zero-order valence-electron chi connectivity index (χ0n) is 67.0. The molecule has 12 heterocycles. The number of carbonyl (C=O) groups excluding carboxylic acids is 9. The molecule has 4 saturated heterocycles. The number of ether oxygens (including phenoxy) is 3. The van der Waals surface area contributed by atoms with E-state index in [1.54, 1.807) is 18.9 Å². The second kappa shape index (κ2) is 31.9. The highest BCUT2D eigenvalue weighted by atomic mass is 19.4. The third kappa shape index (κ3) is 14.1. The summed E-state index contributed by atoms with van der Waals surface area (Å²) in [7, 11) is 3.84. The molecule has 41 heteroatoms. The predicted molar refractivity (Wildman–Crippen MR) is 422 cm³/mol. The number of halogens is 12. The third-order valence-electron chi connectivity index (χ3n) is 29.2. The molecule has 20 atom stereocenters. The second-order valence-corrected chi connectivity index (χ2v) is 35.2. The molecule has 23 rings (SSSR count). The first-order valence-corrected chi connectivity index (χ1v) is 41.2. The van der Waals surface area contributed by atoms with E-state index in [1.807, 2.05) is 9.80 Å². The van der Waals surface area contributed by atoms with Crippen LogP contribution in [0.3, 0.4) is 0 Å². The van der Waals surface area contributed by atoms with E-state index < -0.39 is 181 Å². The van der Waals surface area contributed by atoms with Crippen LogP contribution in [-0.4, -0.2) is 178 Å². The number of hydrogen-bond donors (Lipinski definition) is 5. The molecule has 8 saturated carbocycles. The Hall–Kier alpha value is -12.8. The fraction of sp³-hybridized carbons (Fsp3) is 0.466. The van der Waals surface area contributed by atoms with Crippen molar-refractivity contribution in [3.05, 3.63) is 216 Å². The lowest BCUT2D eigenvalue weighted by molar-refractivity contribution is -0.156. The largest absolute Gasteiger partial charge is 0.503 e. The number of alkyl halides is 3. The Kier molecular flexibility index (Phi) is 21.8. The van der Waals surface area contributed by atoms with E-state index in [-0.39, 0.29) is 114 Å². The van der Waals surface area contributed by atoms with Gasteiger partial charge in [0.1, 0.15) is 74.6 Å². The van der Waals surface area contributed by atoms with Crippen LogP contribution in [0.15, 0.2) is 80.4 Å². The zero-order valence-corrected chi connectivity index (χ0v) is 67.0. The van der Waals surface area contributed by atoms with Gasteiger partial charge in [-0.2, -0.15) is 13.2 Å². The van der Waals surface area contributed by atoms with Crippen molar-refractivity contribution in [2.75, 3.05) is 21.3 Å². The molecule has 29 nitrogen and oxygen atoms in total. The van der Waals surface area contributed by atoms with Crippen molar-refractivity contribution in [3.8, 4) is 23.0 Å². The lowest BCUT2D eigenvalue weighted by atomic mass is 9.94. The molecule has 8 bridgehead atoms. The van der Waals surface area contributed by atoms with E-state index >= 15 is 0 Å². The Morgan fingerprint density at radius 3 is 0.860 bits per heavy atom. The van der Waals surface area contributed by atoms with E-state index in [0.717, 1.165) is 50.9 Å². The predicted octanol–water partition coefficient (Wildman–Crippen LogP) is 8.12. The van der Waals surface area contributed by atoms with Crippen LogP contribution >= 0.6 is 0 Å². The molecule has 0 unspecified atom stereocenters. The Balaban J connectivity index is 0.000000118. The van der Waals surface area contributed by atoms with Crippen molar-refractivity contribution in [1.29, 1.82) is 0 Å². The minimum absolute atomic E-state index is 0. The van der Waals surface area contributed by atoms with E-state index in [0.29, 0.717) is 134 Å². The van der Waals surface area contributed by atoms with Crippen molar-refractivity contribution in [2.45, 2.75) is 167 Å². The Labute approximate surface area is 722 Å². The Morgan fingerprint density at radius 1 is 0.372 bits per heavy atom. The van der Waals surface area contributed by atoms with E-state index in [1.165, 1.54) is 61.7 Å². The normalized spacial score (nSPS) is 28.5. The molecule has 8 aliphatic heterocycles. The van der Waals surface area contributed by atoms with Gasteiger partial charge in [0.2, 0.25) is 28.0 Å². The summed E-state index contributed by atoms with van der Waals surface area (Å²) in [4.78, 5) is 170. The number of nitrogens with one attached hydrogen (secondary N) is 3. The van der Waals surface area contributed by atoms with Crippen LogP contribution in [0.25, 0.3) is 0 Å². The number of esters is 1. The number of amides is 7. The van der Waals surface area contributed by atoms with Gasteiger partial charge in [-0.25, -0.2) is 44.3 Å². The van der Waals surface area contributed by atoms with Crippen molar-refractivity contribution >= 4 is 53.6 Å². The average molecular weight is 1810 g/mol. The molecule has 0 radical (unpaired) electrons. The summed E-state index contributed by atoms with van der Waals surface area (Å²) in [5.41, 5.74) is -6.24. The number of rotatable bonds is 12. The van der Waals surface area contributed by atoms with Gasteiger partial charge in [0.15, 0.2) is 45.8 Å². The molecule has 16 aliphatic rings. The number of aromatic hydroxyl groups is 2. The molecular formula is C88H83F12N11O18. The van der Waals surface area contributed by atoms with Crippen LogP contribution in [0.5, 0.6) is 23.0 Å². The summed E-state index contributed by atoms with van der Waals surface area (Å²) < 4.78 is 175. The molecule has 0 spiro atoms. The molecule has 12 fully saturated rings. The van der Waals surface area contributed by atoms with Gasteiger partial charge in [0.05, 0.1) is 45.5 Å². The molecular weight excluding hydrogens is 1730 g/mol. The Morgan fingerprint density at radius 2 is 0.605 bits per heavy atom. The first-order valence-electron chi connectivity index (χ1n) is 41.2. The first kappa shape index (κ1) is 88.3. The smallest absolute Gasteiger partial charge is 0.446 e. The molecule has 129 heavy (non-hydrogen) atoms. The van der Waals surface area contributed by atoms with Crippen molar-refractivity contribution < 1.29 is 120 Å². The summed E-state index contributed by atoms with van der Waals surface area (Å²) in [6, 6.07) is 3.89. The number of piperidine rings is 4. The number of aromatic nitrogens is 4. The van der Waals surface area contributed by atoms with Gasteiger partial charge in [0, 0.05) is 148 Å². The van der Waals surface area contributed by atoms with E-state index in [9.17, 15) is 120 Å². The fourth-order valence-corrected chi connectivity index (χ4v) is 23.6. The van der Waals surface area contributed by atoms with Crippen LogP contribution in [0, 0.1) is 123 Å². The van der Waals surface area contributed by atoms with Gasteiger partial charge in [-0.1, -0.05) is 14.9 Å². The van der Waals surface area contributed by atoms with Gasteiger partial charge in [0.25, 0.3) is 41.4 Å². The van der Waals surface area contributed by atoms with Crippen LogP contribution in [-0.2, 0) is 55.3 Å². The number of aldehydes is 1. The van der Waals surface area contributed by atoms with Crippen molar-refractivity contribution in [1.82, 2.24) is 53.8 Å². The van der Waals surface area contributed by atoms with Crippen molar-refractivity contribution in [2.24, 2.45) is 71.0 Å². The average Bonchev–Trinajstić information content (AvgIpc) is 1.53. The SMILES string of the molecule is C.C.COC(=O)c1cn2c(c(OC)c1=O)C(=O)N1[C@H](C2)[C@@H]2C[C@H]1[C@H]1C[C@@H]21.COc1c2n(cc(C(=O)NCc3c(F)cc(F)cc3F)c1=O)C[C@@H]1[C@@H]3C[C@@H]([C@H]4C[C@@H]34)N1C2=O.O=C(NCc1c(F)cc(F)cc1F)c1cn2c(c(O)c1=O)C(=O)N1[C@H](C2)[C@@H]2C[C@H]1[C@H]1C[C@@H]21.O=C(NCc1c(F)cc(F)cc1F)c1cn2c(c(O)c1=O)C(=O)N1[C@H](C2)[C@@H]2C[C@H]1[C@H]1C[C@@H]21.O=CC(F)(F)F. The van der Waals surface area contributed by atoms with E-state index in [4.69, 9.17) is 19.0 Å². The van der Waals surface area contributed by atoms with Gasteiger partial charge < -0.3 is 78.2 Å². The van der Waals surface area contributed by atoms with Gasteiger partial charge in [-0.15, -0.1) is 0 Å². The summed E-state index contributed by atoms with van der Waals surface area (Å²) in [5.74, 6) is -10.3. The topological polar surface area (TPSA) is 359 Å². The summed E-state index contributed by atoms with van der Waals surface area (Å²) in [6.07, 6.45) is 7.93. The van der Waals surface area contributed by atoms with Gasteiger partial charge in [-0.3, -0.25) is 57.5 Å². The standard InChI is InChI=1S/C23H20F3N3O4.2C22H18F3N3O4.C17H18N2O5.C2HF3O.2CH4/c1-33-21-19-23(32)29-17-5-12(10-4-11(10)17)18(29)8-28(19)7-14(20(21)30)22(31)27-6-13-15(25)2-9(24)3-16(13)26;2*23-8-1-14(24)12(15(25)2-8)5-26-21(31)13-6-27-7-17-11-4-16(10-3-9(10)11)28(17)22(32)18(27)20(30)19(13)29;1-23-15-13-16(21)19-11-4-9(7-3-8(7)11)12(19)6-18(13)5-10(14(15)20)17(22)24-2;3-2(4,5)1-6;;/h2-3,7,10-12,17-18H,4-6,8H2,1H3,(H,27,31);2*1-2,6,9-11,16-17,30H,3-5,7H2,(H,26,31);5,7-9,11-12H,3-4,6H2,1-2H3;1H;2*1H4/t10-,11+,12-,17+,18-;2*9-,10+,11-,16+,17-;7-,8+,9-,11+,12-;;;/m1111.../s1. The number of methoxy groups -OCH3 is 3. The maximum Gasteiger partial charge on any atom is 0.446 e. The summed E-state index contributed by atoms with van der Waals surface area (Å²) >= 11 is 0. The van der Waals surface area contributed by atoms with Crippen molar-refractivity contribution in [3.63, 3.8) is 0 Å². The minimum Gasteiger partial charge on any atom is -0.503 e. The minimum atomic E-state index is -4.64. The second-order valence-electron chi connectivity index (χ2n) is 35.2. The van der Waals surface area contributed by atoms with Crippen LogP contribution < -0.4 is 47.1 Å². The van der Waals surface area contributed by atoms with Gasteiger partial charge >= 0.3 is 12.1 Å².